The van der Waals surface area contributed by atoms with Crippen LogP contribution < -0.4 is 10.4 Å². The van der Waals surface area contributed by atoms with Crippen LogP contribution in [0.4, 0.5) is 0 Å². The third-order valence-corrected chi connectivity index (χ3v) is 3.37. The molecule has 0 fully saturated rings. The zero-order valence-corrected chi connectivity index (χ0v) is 12.9. The van der Waals surface area contributed by atoms with E-state index in [0.717, 1.165) is 0 Å². The number of alkyl halides is 1. The first-order chi connectivity index (χ1) is 11.0. The van der Waals surface area contributed by atoms with Crippen LogP contribution in [0.25, 0.3) is 22.2 Å². The van der Waals surface area contributed by atoms with Crippen molar-refractivity contribution in [2.24, 2.45) is 0 Å². The fraction of sp³-hybridized carbons (Fsp3) is 0.118. The van der Waals surface area contributed by atoms with E-state index in [0.29, 0.717) is 22.2 Å². The predicted octanol–water partition coefficient (Wildman–Crippen LogP) is 3.39. The number of carbonyl (C=O) groups excluding carboxylic acids is 1. The Bertz CT molecular complexity index is 919. The summed E-state index contributed by atoms with van der Waals surface area (Å²) in [6.07, 6.45) is 1.61. The largest absolute Gasteiger partial charge is 0.425 e. The van der Waals surface area contributed by atoms with Gasteiger partial charge in [0.1, 0.15) is 16.7 Å². The first kappa shape index (κ1) is 15.2. The molecule has 116 valence electrons. The Morgan fingerprint density at radius 1 is 1.26 bits per heavy atom. The molecule has 0 saturated heterocycles. The van der Waals surface area contributed by atoms with Gasteiger partial charge in [0.2, 0.25) is 0 Å². The van der Waals surface area contributed by atoms with Crippen LogP contribution in [0.1, 0.15) is 6.92 Å². The highest BCUT2D eigenvalue weighted by atomic mass is 35.5. The lowest BCUT2D eigenvalue weighted by atomic mass is 10.1. The molecule has 23 heavy (non-hydrogen) atoms. The van der Waals surface area contributed by atoms with Crippen LogP contribution in [0.15, 0.2) is 57.9 Å². The molecule has 3 rings (SSSR count). The van der Waals surface area contributed by atoms with E-state index < -0.39 is 17.0 Å². The molecular weight excluding hydrogens is 318 g/mol. The number of nitrogens with zero attached hydrogens (tertiary/aromatic N) is 1. The van der Waals surface area contributed by atoms with Gasteiger partial charge in [-0.15, -0.1) is 11.6 Å². The zero-order chi connectivity index (χ0) is 16.4. The highest BCUT2D eigenvalue weighted by Crippen LogP contribution is 2.24. The Morgan fingerprint density at radius 2 is 2.09 bits per heavy atom. The van der Waals surface area contributed by atoms with Crippen molar-refractivity contribution in [3.05, 3.63) is 59.1 Å². The third kappa shape index (κ3) is 3.24. The molecule has 0 radical (unpaired) electrons. The normalized spacial score (nSPS) is 12.1. The van der Waals surface area contributed by atoms with Crippen molar-refractivity contribution >= 4 is 28.5 Å². The van der Waals surface area contributed by atoms with Gasteiger partial charge in [-0.25, -0.2) is 4.79 Å². The zero-order valence-electron chi connectivity index (χ0n) is 12.2. The second-order valence-electron chi connectivity index (χ2n) is 4.90. The molecule has 2 heterocycles. The van der Waals surface area contributed by atoms with Crippen molar-refractivity contribution in [2.45, 2.75) is 12.3 Å². The van der Waals surface area contributed by atoms with E-state index in [-0.39, 0.29) is 5.75 Å². The van der Waals surface area contributed by atoms with Crippen molar-refractivity contribution in [3.8, 4) is 17.0 Å². The number of hydrogen-bond donors (Lipinski definition) is 0. The molecule has 0 aliphatic heterocycles. The Hall–Kier alpha value is -2.66. The highest BCUT2D eigenvalue weighted by molar-refractivity contribution is 6.29. The summed E-state index contributed by atoms with van der Waals surface area (Å²) in [4.78, 5) is 27.8. The summed E-state index contributed by atoms with van der Waals surface area (Å²) in [5.41, 5.74) is 0.722. The molecule has 0 spiro atoms. The van der Waals surface area contributed by atoms with E-state index >= 15 is 0 Å². The lowest BCUT2D eigenvalue weighted by Crippen LogP contribution is -2.17. The minimum atomic E-state index is -0.760. The van der Waals surface area contributed by atoms with Crippen LogP contribution >= 0.6 is 11.6 Å². The van der Waals surface area contributed by atoms with Gasteiger partial charge < -0.3 is 9.15 Å². The molecule has 6 heteroatoms. The summed E-state index contributed by atoms with van der Waals surface area (Å²) < 4.78 is 10.4. The molecule has 1 aromatic carbocycles. The molecule has 0 saturated carbocycles. The van der Waals surface area contributed by atoms with Gasteiger partial charge in [0, 0.05) is 17.6 Å². The van der Waals surface area contributed by atoms with E-state index in [2.05, 4.69) is 4.98 Å². The summed E-state index contributed by atoms with van der Waals surface area (Å²) in [7, 11) is 0. The van der Waals surface area contributed by atoms with Gasteiger partial charge in [-0.2, -0.15) is 0 Å². The number of aromatic nitrogens is 1. The van der Waals surface area contributed by atoms with Crippen LogP contribution in [-0.2, 0) is 4.79 Å². The standard InChI is InChI=1S/C17H12ClNO4/c1-10(18)16(20)22-12-6-5-11-8-13(14-4-2-3-7-19-14)17(21)23-15(11)9-12/h2-10H,1H3. The van der Waals surface area contributed by atoms with Gasteiger partial charge in [-0.05, 0) is 37.3 Å². The lowest BCUT2D eigenvalue weighted by molar-refractivity contribution is -0.133. The minimum Gasteiger partial charge on any atom is -0.425 e. The number of fused-ring (bicyclic) bond motifs is 1. The molecule has 1 atom stereocenters. The quantitative estimate of drug-likeness (QED) is 0.319. The maximum Gasteiger partial charge on any atom is 0.345 e. The molecule has 0 aliphatic rings. The smallest absolute Gasteiger partial charge is 0.345 e. The molecule has 0 bridgehead atoms. The van der Waals surface area contributed by atoms with Crippen LogP contribution in [0, 0.1) is 0 Å². The van der Waals surface area contributed by atoms with Gasteiger partial charge in [-0.3, -0.25) is 9.78 Å². The fourth-order valence-electron chi connectivity index (χ4n) is 2.05. The molecule has 3 aromatic rings. The summed E-state index contributed by atoms with van der Waals surface area (Å²) in [6.45, 7) is 1.52. The summed E-state index contributed by atoms with van der Waals surface area (Å²) in [6, 6.07) is 11.8. The van der Waals surface area contributed by atoms with Crippen molar-refractivity contribution in [3.63, 3.8) is 0 Å². The molecule has 0 N–H and O–H groups in total. The number of esters is 1. The second kappa shape index (κ2) is 6.22. The minimum absolute atomic E-state index is 0.267. The Balaban J connectivity index is 2.03. The average Bonchev–Trinajstić information content (AvgIpc) is 2.54. The van der Waals surface area contributed by atoms with Gasteiger partial charge in [0.25, 0.3) is 0 Å². The van der Waals surface area contributed by atoms with E-state index in [9.17, 15) is 9.59 Å². The first-order valence-corrected chi connectivity index (χ1v) is 7.33. The van der Waals surface area contributed by atoms with Gasteiger partial charge in [-0.1, -0.05) is 6.07 Å². The topological polar surface area (TPSA) is 69.4 Å². The average molecular weight is 330 g/mol. The number of carbonyl (C=O) groups is 1. The van der Waals surface area contributed by atoms with Gasteiger partial charge in [0.15, 0.2) is 0 Å². The van der Waals surface area contributed by atoms with Crippen LogP contribution in [0.3, 0.4) is 0 Å². The number of ether oxygens (including phenoxy) is 1. The fourth-order valence-corrected chi connectivity index (χ4v) is 2.10. The van der Waals surface area contributed by atoms with Crippen LogP contribution in [0.5, 0.6) is 5.75 Å². The molecule has 0 aliphatic carbocycles. The summed E-state index contributed by atoms with van der Waals surface area (Å²) in [5, 5.41) is -0.0618. The highest BCUT2D eigenvalue weighted by Gasteiger charge is 2.13. The Kier molecular flexibility index (Phi) is 4.12. The Labute approximate surface area is 136 Å². The van der Waals surface area contributed by atoms with E-state index in [1.807, 2.05) is 0 Å². The SMILES string of the molecule is CC(Cl)C(=O)Oc1ccc2cc(-c3ccccn3)c(=O)oc2c1. The molecular formula is C17H12ClNO4. The Morgan fingerprint density at radius 3 is 2.78 bits per heavy atom. The number of hydrogen-bond acceptors (Lipinski definition) is 5. The third-order valence-electron chi connectivity index (χ3n) is 3.19. The van der Waals surface area contributed by atoms with Crippen LogP contribution in [-0.4, -0.2) is 16.3 Å². The maximum atomic E-state index is 12.1. The van der Waals surface area contributed by atoms with Crippen molar-refractivity contribution in [1.82, 2.24) is 4.98 Å². The second-order valence-corrected chi connectivity index (χ2v) is 5.55. The molecule has 5 nitrogen and oxygen atoms in total. The van der Waals surface area contributed by atoms with Crippen molar-refractivity contribution in [2.75, 3.05) is 0 Å². The molecule has 1 unspecified atom stereocenters. The summed E-state index contributed by atoms with van der Waals surface area (Å²) in [5.74, 6) is -0.304. The van der Waals surface area contributed by atoms with Crippen molar-refractivity contribution < 1.29 is 13.9 Å². The first-order valence-electron chi connectivity index (χ1n) is 6.89. The lowest BCUT2D eigenvalue weighted by Gasteiger charge is -2.07. The van der Waals surface area contributed by atoms with E-state index in [4.69, 9.17) is 20.8 Å². The van der Waals surface area contributed by atoms with Gasteiger partial charge >= 0.3 is 11.6 Å². The molecule has 2 aromatic heterocycles. The van der Waals surface area contributed by atoms with Gasteiger partial charge in [0.05, 0.1) is 11.3 Å². The van der Waals surface area contributed by atoms with Crippen molar-refractivity contribution in [1.29, 1.82) is 0 Å². The monoisotopic (exact) mass is 329 g/mol. The number of halogens is 1. The number of pyridine rings is 1. The van der Waals surface area contributed by atoms with E-state index in [1.165, 1.54) is 13.0 Å². The number of rotatable bonds is 3. The predicted molar refractivity (Wildman–Crippen MR) is 86.7 cm³/mol. The summed E-state index contributed by atoms with van der Waals surface area (Å²) >= 11 is 5.66. The van der Waals surface area contributed by atoms with E-state index in [1.54, 1.807) is 42.6 Å². The number of benzene rings is 1. The maximum absolute atomic E-state index is 12.1. The molecule has 0 amide bonds. The van der Waals surface area contributed by atoms with Crippen LogP contribution in [0.2, 0.25) is 0 Å².